The lowest BCUT2D eigenvalue weighted by molar-refractivity contribution is -0.125. The summed E-state index contributed by atoms with van der Waals surface area (Å²) in [6, 6.07) is 7.33. The van der Waals surface area contributed by atoms with Crippen molar-refractivity contribution < 1.29 is 13.9 Å². The molecule has 0 atom stereocenters. The molecule has 4 aliphatic carbocycles. The molecule has 0 unspecified atom stereocenters. The Kier molecular flexibility index (Phi) is 5.23. The highest BCUT2D eigenvalue weighted by molar-refractivity contribution is 8.23. The van der Waals surface area contributed by atoms with E-state index >= 15 is 0 Å². The molecule has 6 nitrogen and oxygen atoms in total. The second kappa shape index (κ2) is 7.61. The number of carbonyl (C=O) groups excluding carboxylic acids is 1. The van der Waals surface area contributed by atoms with Crippen LogP contribution in [0.5, 0.6) is 0 Å². The maximum Gasteiger partial charge on any atom is 0.236 e. The second-order valence-electron chi connectivity index (χ2n) is 9.31. The summed E-state index contributed by atoms with van der Waals surface area (Å²) in [6.45, 7) is 1.06. The maximum absolute atomic E-state index is 12.9. The number of carbonyl (C=O) groups is 1. The molecule has 1 amide bonds. The Morgan fingerprint density at radius 3 is 2.28 bits per heavy atom. The van der Waals surface area contributed by atoms with Gasteiger partial charge in [0.2, 0.25) is 5.91 Å². The summed E-state index contributed by atoms with van der Waals surface area (Å²) in [5.74, 6) is 2.88. The molecule has 0 radical (unpaired) electrons. The minimum atomic E-state index is -3.22. The summed E-state index contributed by atoms with van der Waals surface area (Å²) < 4.78 is 25.0. The van der Waals surface area contributed by atoms with Crippen molar-refractivity contribution in [1.29, 1.82) is 0 Å². The number of benzene rings is 1. The molecular formula is C21H30ClN3O3S. The van der Waals surface area contributed by atoms with Crippen LogP contribution in [-0.4, -0.2) is 45.0 Å². The number of hydrogen-bond donors (Lipinski definition) is 3. The molecule has 0 spiro atoms. The van der Waals surface area contributed by atoms with Crippen molar-refractivity contribution in [2.24, 2.45) is 23.7 Å². The largest absolute Gasteiger partial charge is 0.352 e. The van der Waals surface area contributed by atoms with Gasteiger partial charge in [0.25, 0.3) is 0 Å². The van der Waals surface area contributed by atoms with Gasteiger partial charge in [0.05, 0.1) is 12.2 Å². The van der Waals surface area contributed by atoms with E-state index in [1.54, 1.807) is 28.6 Å². The number of halogens is 1. The predicted molar refractivity (Wildman–Crippen MR) is 117 cm³/mol. The Hall–Kier alpha value is -0.990. The number of nitrogens with one attached hydrogen (secondary N) is 1. The van der Waals surface area contributed by atoms with Gasteiger partial charge in [-0.05, 0) is 86.5 Å². The average Bonchev–Trinajstić information content (AvgIpc) is 2.66. The fourth-order valence-electron chi connectivity index (χ4n) is 6.37. The van der Waals surface area contributed by atoms with Crippen molar-refractivity contribution in [3.63, 3.8) is 0 Å². The van der Waals surface area contributed by atoms with Gasteiger partial charge >= 0.3 is 0 Å². The Morgan fingerprint density at radius 1 is 1.03 bits per heavy atom. The third-order valence-corrected chi connectivity index (χ3v) is 9.64. The zero-order chi connectivity index (χ0) is 20.2. The lowest BCUT2D eigenvalue weighted by Gasteiger charge is -2.55. The molecule has 29 heavy (non-hydrogen) atoms. The molecule has 4 bridgehead atoms. The summed E-state index contributed by atoms with van der Waals surface area (Å²) in [6.07, 6.45) is 7.16. The first kappa shape index (κ1) is 19.9. The minimum absolute atomic E-state index is 0.0230. The lowest BCUT2D eigenvalue weighted by Crippen LogP contribution is -2.57. The molecule has 6 rings (SSSR count). The molecule has 1 aromatic carbocycles. The van der Waals surface area contributed by atoms with Gasteiger partial charge in [0, 0.05) is 24.2 Å². The van der Waals surface area contributed by atoms with E-state index in [9.17, 15) is 13.9 Å². The summed E-state index contributed by atoms with van der Waals surface area (Å²) in [4.78, 5) is 12.9. The maximum atomic E-state index is 12.9. The topological polar surface area (TPSA) is 76.0 Å². The highest BCUT2D eigenvalue weighted by atomic mass is 35.5. The van der Waals surface area contributed by atoms with Crippen LogP contribution in [0.25, 0.3) is 0 Å². The zero-order valence-corrected chi connectivity index (χ0v) is 18.1. The van der Waals surface area contributed by atoms with E-state index in [1.165, 1.54) is 36.4 Å². The normalized spacial score (nSPS) is 36.8. The second-order valence-corrected chi connectivity index (χ2v) is 11.7. The van der Waals surface area contributed by atoms with Crippen LogP contribution in [-0.2, 0) is 4.79 Å². The van der Waals surface area contributed by atoms with Crippen LogP contribution in [0.1, 0.15) is 38.5 Å². The smallest absolute Gasteiger partial charge is 0.236 e. The summed E-state index contributed by atoms with van der Waals surface area (Å²) in [7, 11) is -3.22. The molecule has 8 heteroatoms. The third-order valence-electron chi connectivity index (χ3n) is 7.40. The van der Waals surface area contributed by atoms with Crippen molar-refractivity contribution in [2.45, 2.75) is 44.6 Å². The summed E-state index contributed by atoms with van der Waals surface area (Å²) >= 11 is 5.96. The number of nitrogens with zero attached hydrogens (tertiary/aromatic N) is 2. The number of hydrogen-bond acceptors (Lipinski definition) is 5. The molecule has 1 heterocycles. The molecule has 5 aliphatic rings. The van der Waals surface area contributed by atoms with Crippen molar-refractivity contribution in [3.8, 4) is 0 Å². The first-order valence-electron chi connectivity index (χ1n) is 10.8. The predicted octanol–water partition coefficient (Wildman–Crippen LogP) is 4.37. The Labute approximate surface area is 179 Å². The first-order valence-corrected chi connectivity index (χ1v) is 12.6. The molecule has 160 valence electrons. The number of anilines is 1. The minimum Gasteiger partial charge on any atom is -0.352 e. The van der Waals surface area contributed by atoms with Gasteiger partial charge in [0.1, 0.15) is 0 Å². The zero-order valence-electron chi connectivity index (χ0n) is 16.5. The van der Waals surface area contributed by atoms with Gasteiger partial charge in [0.15, 0.2) is 0 Å². The highest BCUT2D eigenvalue weighted by Crippen LogP contribution is 2.54. The van der Waals surface area contributed by atoms with Crippen LogP contribution in [0.2, 0.25) is 5.02 Å². The summed E-state index contributed by atoms with van der Waals surface area (Å²) in [5.41, 5.74) is 0.709. The van der Waals surface area contributed by atoms with Crippen LogP contribution < -0.4 is 9.62 Å². The van der Waals surface area contributed by atoms with Gasteiger partial charge in [-0.25, -0.2) is 0 Å². The Bertz CT molecular complexity index is 747. The number of amides is 1. The van der Waals surface area contributed by atoms with Gasteiger partial charge in [-0.15, -0.1) is 0 Å². The highest BCUT2D eigenvalue weighted by Gasteiger charge is 2.48. The quantitative estimate of drug-likeness (QED) is 0.649. The fourth-order valence-corrected chi connectivity index (χ4v) is 8.22. The van der Waals surface area contributed by atoms with Gasteiger partial charge in [-0.1, -0.05) is 22.6 Å². The Balaban J connectivity index is 1.25. The molecule has 4 saturated carbocycles. The van der Waals surface area contributed by atoms with Gasteiger partial charge in [-0.2, -0.15) is 4.31 Å². The van der Waals surface area contributed by atoms with Gasteiger partial charge in [-0.3, -0.25) is 18.2 Å². The van der Waals surface area contributed by atoms with E-state index in [2.05, 4.69) is 5.32 Å². The standard InChI is InChI=1S/C21H30ClN3O3S/c22-18-2-4-19(5-3-18)25-7-1-6-24(29(25,27)28)13-20(26)23-21-16-9-14-8-15(11-16)12-17(21)10-14/h2-5,14-17,21,27-28H,1,6-13H2,(H,23,26). The molecule has 1 aromatic rings. The Morgan fingerprint density at radius 2 is 1.66 bits per heavy atom. The number of rotatable bonds is 4. The van der Waals surface area contributed by atoms with E-state index in [0.717, 1.165) is 18.3 Å². The van der Waals surface area contributed by atoms with E-state index in [1.807, 2.05) is 0 Å². The van der Waals surface area contributed by atoms with Crippen molar-refractivity contribution in [3.05, 3.63) is 29.3 Å². The van der Waals surface area contributed by atoms with Crippen LogP contribution in [0, 0.1) is 23.7 Å². The SMILES string of the molecule is O=C(CN1CCCN(c2ccc(Cl)cc2)S1(O)O)NC1C2CC3CC(C2)CC1C3. The summed E-state index contributed by atoms with van der Waals surface area (Å²) in [5, 5.41) is 3.89. The van der Waals surface area contributed by atoms with Gasteiger partial charge < -0.3 is 5.32 Å². The molecule has 1 aliphatic heterocycles. The van der Waals surface area contributed by atoms with E-state index < -0.39 is 11.0 Å². The van der Waals surface area contributed by atoms with Crippen LogP contribution >= 0.6 is 22.6 Å². The molecule has 5 fully saturated rings. The van der Waals surface area contributed by atoms with Crippen LogP contribution in [0.15, 0.2) is 24.3 Å². The van der Waals surface area contributed by atoms with E-state index in [0.29, 0.717) is 35.6 Å². The van der Waals surface area contributed by atoms with E-state index in [-0.39, 0.29) is 18.5 Å². The third kappa shape index (κ3) is 3.76. The fraction of sp³-hybridized carbons (Fsp3) is 0.667. The van der Waals surface area contributed by atoms with Crippen molar-refractivity contribution in [1.82, 2.24) is 9.62 Å². The molecule has 1 saturated heterocycles. The van der Waals surface area contributed by atoms with Crippen molar-refractivity contribution >= 4 is 34.2 Å². The molecule has 0 aromatic heterocycles. The molecule has 3 N–H and O–H groups in total. The average molecular weight is 440 g/mol. The van der Waals surface area contributed by atoms with Crippen LogP contribution in [0.4, 0.5) is 5.69 Å². The van der Waals surface area contributed by atoms with E-state index in [4.69, 9.17) is 11.6 Å². The van der Waals surface area contributed by atoms with Crippen molar-refractivity contribution in [2.75, 3.05) is 23.9 Å². The monoisotopic (exact) mass is 439 g/mol. The lowest BCUT2D eigenvalue weighted by atomic mass is 9.54. The van der Waals surface area contributed by atoms with Crippen LogP contribution in [0.3, 0.4) is 0 Å². The first-order chi connectivity index (χ1) is 13.9. The molecular weight excluding hydrogens is 410 g/mol.